The van der Waals surface area contributed by atoms with E-state index in [4.69, 9.17) is 10.5 Å². The summed E-state index contributed by atoms with van der Waals surface area (Å²) in [5.74, 6) is 0.415. The van der Waals surface area contributed by atoms with Gasteiger partial charge in [-0.3, -0.25) is 4.79 Å². The van der Waals surface area contributed by atoms with Crippen LogP contribution in [0.2, 0.25) is 0 Å². The Labute approximate surface area is 103 Å². The summed E-state index contributed by atoms with van der Waals surface area (Å²) in [6.07, 6.45) is 0. The van der Waals surface area contributed by atoms with Crippen molar-refractivity contribution in [2.45, 2.75) is 0 Å². The molecular weight excluding hydrogens is 236 g/mol. The molecule has 0 saturated carbocycles. The van der Waals surface area contributed by atoms with E-state index in [1.54, 1.807) is 36.8 Å². The molecule has 17 heavy (non-hydrogen) atoms. The minimum atomic E-state index is -0.171. The number of nitrogens with two attached hydrogens (primary N) is 1. The Balaban J connectivity index is 2.23. The van der Waals surface area contributed by atoms with Crippen molar-refractivity contribution in [1.82, 2.24) is 0 Å². The molecule has 88 valence electrons. The van der Waals surface area contributed by atoms with Crippen LogP contribution < -0.4 is 15.8 Å². The molecule has 3 N–H and O–H groups in total. The van der Waals surface area contributed by atoms with Gasteiger partial charge in [-0.25, -0.2) is 0 Å². The van der Waals surface area contributed by atoms with Crippen LogP contribution in [-0.2, 0) is 0 Å². The molecule has 1 aromatic heterocycles. The Bertz CT molecular complexity index is 523. The second-order valence-electron chi connectivity index (χ2n) is 3.43. The lowest BCUT2D eigenvalue weighted by atomic mass is 10.2. The molecule has 5 heteroatoms. The van der Waals surface area contributed by atoms with Gasteiger partial charge in [-0.2, -0.15) is 11.3 Å². The molecule has 1 amide bonds. The quantitative estimate of drug-likeness (QED) is 0.820. The Morgan fingerprint density at radius 3 is 2.88 bits per heavy atom. The fourth-order valence-electron chi connectivity index (χ4n) is 1.41. The van der Waals surface area contributed by atoms with Crippen molar-refractivity contribution in [3.8, 4) is 5.75 Å². The smallest absolute Gasteiger partial charge is 0.256 e. The Kier molecular flexibility index (Phi) is 3.30. The lowest BCUT2D eigenvalue weighted by Gasteiger charge is -2.10. The first-order valence-corrected chi connectivity index (χ1v) is 5.92. The van der Waals surface area contributed by atoms with Gasteiger partial charge in [0.2, 0.25) is 0 Å². The van der Waals surface area contributed by atoms with Gasteiger partial charge in [-0.05, 0) is 29.6 Å². The van der Waals surface area contributed by atoms with Crippen molar-refractivity contribution in [2.75, 3.05) is 18.2 Å². The SMILES string of the molecule is COc1ccc(N)cc1NC(=O)c1ccsc1. The van der Waals surface area contributed by atoms with Gasteiger partial charge in [-0.15, -0.1) is 0 Å². The number of rotatable bonds is 3. The predicted octanol–water partition coefficient (Wildman–Crippen LogP) is 2.59. The molecule has 0 fully saturated rings. The number of carbonyl (C=O) groups is 1. The van der Waals surface area contributed by atoms with Gasteiger partial charge in [-0.1, -0.05) is 0 Å². The van der Waals surface area contributed by atoms with Crippen molar-refractivity contribution >= 4 is 28.6 Å². The highest BCUT2D eigenvalue weighted by Gasteiger charge is 2.10. The van der Waals surface area contributed by atoms with Gasteiger partial charge in [0.05, 0.1) is 18.4 Å². The van der Waals surface area contributed by atoms with Gasteiger partial charge in [0.1, 0.15) is 5.75 Å². The predicted molar refractivity (Wildman–Crippen MR) is 69.7 cm³/mol. The number of anilines is 2. The number of hydrogen-bond acceptors (Lipinski definition) is 4. The maximum atomic E-state index is 11.9. The van der Waals surface area contributed by atoms with E-state index in [1.807, 2.05) is 5.38 Å². The number of methoxy groups -OCH3 is 1. The maximum Gasteiger partial charge on any atom is 0.256 e. The highest BCUT2D eigenvalue weighted by Crippen LogP contribution is 2.27. The van der Waals surface area contributed by atoms with Crippen LogP contribution >= 0.6 is 11.3 Å². The van der Waals surface area contributed by atoms with E-state index in [2.05, 4.69) is 5.32 Å². The summed E-state index contributed by atoms with van der Waals surface area (Å²) < 4.78 is 5.15. The second-order valence-corrected chi connectivity index (χ2v) is 4.21. The molecule has 0 spiro atoms. The van der Waals surface area contributed by atoms with E-state index in [1.165, 1.54) is 11.3 Å². The first-order valence-electron chi connectivity index (χ1n) is 4.98. The molecule has 0 aliphatic heterocycles. The molecule has 0 radical (unpaired) electrons. The highest BCUT2D eigenvalue weighted by molar-refractivity contribution is 7.08. The minimum Gasteiger partial charge on any atom is -0.495 e. The number of nitrogen functional groups attached to an aromatic ring is 1. The van der Waals surface area contributed by atoms with Gasteiger partial charge in [0.15, 0.2) is 0 Å². The number of amides is 1. The average molecular weight is 248 g/mol. The lowest BCUT2D eigenvalue weighted by molar-refractivity contribution is 0.102. The number of benzene rings is 1. The molecule has 4 nitrogen and oxygen atoms in total. The molecule has 0 bridgehead atoms. The average Bonchev–Trinajstić information content (AvgIpc) is 2.83. The third-order valence-electron chi connectivity index (χ3n) is 2.26. The zero-order valence-corrected chi connectivity index (χ0v) is 10.1. The summed E-state index contributed by atoms with van der Waals surface area (Å²) in [7, 11) is 1.55. The Hall–Kier alpha value is -2.01. The monoisotopic (exact) mass is 248 g/mol. The number of thiophene rings is 1. The second kappa shape index (κ2) is 4.88. The van der Waals surface area contributed by atoms with E-state index in [0.717, 1.165) is 0 Å². The molecule has 1 heterocycles. The molecule has 0 atom stereocenters. The van der Waals surface area contributed by atoms with Gasteiger partial charge in [0, 0.05) is 11.1 Å². The van der Waals surface area contributed by atoms with Gasteiger partial charge >= 0.3 is 0 Å². The number of ether oxygens (including phenoxy) is 1. The number of carbonyl (C=O) groups excluding carboxylic acids is 1. The molecule has 2 rings (SSSR count). The lowest BCUT2D eigenvalue weighted by Crippen LogP contribution is -2.11. The summed E-state index contributed by atoms with van der Waals surface area (Å²) in [4.78, 5) is 11.9. The van der Waals surface area contributed by atoms with Crippen molar-refractivity contribution in [3.63, 3.8) is 0 Å². The zero-order valence-electron chi connectivity index (χ0n) is 9.27. The molecular formula is C12H12N2O2S. The zero-order chi connectivity index (χ0) is 12.3. The summed E-state index contributed by atoms with van der Waals surface area (Å²) in [5, 5.41) is 6.41. The standard InChI is InChI=1S/C12H12N2O2S/c1-16-11-3-2-9(13)6-10(11)14-12(15)8-4-5-17-7-8/h2-7H,13H2,1H3,(H,14,15). The Morgan fingerprint density at radius 2 is 2.24 bits per heavy atom. The number of hydrogen-bond donors (Lipinski definition) is 2. The van der Waals surface area contributed by atoms with E-state index in [9.17, 15) is 4.79 Å². The highest BCUT2D eigenvalue weighted by atomic mass is 32.1. The molecule has 1 aromatic carbocycles. The maximum absolute atomic E-state index is 11.9. The van der Waals surface area contributed by atoms with Gasteiger partial charge in [0.25, 0.3) is 5.91 Å². The molecule has 0 saturated heterocycles. The third kappa shape index (κ3) is 2.57. The minimum absolute atomic E-state index is 0.171. The van der Waals surface area contributed by atoms with E-state index in [-0.39, 0.29) is 5.91 Å². The topological polar surface area (TPSA) is 64.3 Å². The van der Waals surface area contributed by atoms with Crippen molar-refractivity contribution in [3.05, 3.63) is 40.6 Å². The van der Waals surface area contributed by atoms with Crippen LogP contribution in [0.3, 0.4) is 0 Å². The fourth-order valence-corrected chi connectivity index (χ4v) is 2.05. The van der Waals surface area contributed by atoms with Crippen LogP contribution in [0.5, 0.6) is 5.75 Å². The van der Waals surface area contributed by atoms with Crippen molar-refractivity contribution in [1.29, 1.82) is 0 Å². The summed E-state index contributed by atoms with van der Waals surface area (Å²) in [6, 6.07) is 6.87. The van der Waals surface area contributed by atoms with E-state index >= 15 is 0 Å². The van der Waals surface area contributed by atoms with Crippen LogP contribution in [0.1, 0.15) is 10.4 Å². The van der Waals surface area contributed by atoms with Crippen LogP contribution in [0.4, 0.5) is 11.4 Å². The molecule has 0 unspecified atom stereocenters. The van der Waals surface area contributed by atoms with E-state index in [0.29, 0.717) is 22.7 Å². The summed E-state index contributed by atoms with van der Waals surface area (Å²) in [5.41, 5.74) is 7.44. The summed E-state index contributed by atoms with van der Waals surface area (Å²) >= 11 is 1.47. The summed E-state index contributed by atoms with van der Waals surface area (Å²) in [6.45, 7) is 0. The third-order valence-corrected chi connectivity index (χ3v) is 2.94. The first-order chi connectivity index (χ1) is 8.20. The van der Waals surface area contributed by atoms with Crippen LogP contribution in [-0.4, -0.2) is 13.0 Å². The Morgan fingerprint density at radius 1 is 1.41 bits per heavy atom. The largest absolute Gasteiger partial charge is 0.495 e. The van der Waals surface area contributed by atoms with Crippen LogP contribution in [0.25, 0.3) is 0 Å². The first kappa shape index (κ1) is 11.5. The normalized spacial score (nSPS) is 9.94. The van der Waals surface area contributed by atoms with Crippen LogP contribution in [0, 0.1) is 0 Å². The molecule has 0 aliphatic rings. The van der Waals surface area contributed by atoms with Crippen LogP contribution in [0.15, 0.2) is 35.0 Å². The van der Waals surface area contributed by atoms with Crippen molar-refractivity contribution in [2.24, 2.45) is 0 Å². The fraction of sp³-hybridized carbons (Fsp3) is 0.0833. The van der Waals surface area contributed by atoms with Gasteiger partial charge < -0.3 is 15.8 Å². The van der Waals surface area contributed by atoms with E-state index < -0.39 is 0 Å². The van der Waals surface area contributed by atoms with Crippen molar-refractivity contribution < 1.29 is 9.53 Å². The molecule has 0 aliphatic carbocycles. The number of nitrogens with one attached hydrogen (secondary N) is 1. The molecule has 2 aromatic rings.